The number of carbonyl (C=O) groups excluding carboxylic acids is 1. The molecule has 0 saturated heterocycles. The molecule has 1 aliphatic carbocycles. The zero-order valence-corrected chi connectivity index (χ0v) is 19.6. The highest BCUT2D eigenvalue weighted by molar-refractivity contribution is 7.97. The maximum Gasteiger partial charge on any atom is 0.417 e. The largest absolute Gasteiger partial charge is 0.417 e. The smallest absolute Gasteiger partial charge is 0.382 e. The molecule has 1 aromatic heterocycles. The standard InChI is InChI=1S/C17H17F4N3OS.C4H11NS/c18-9-6-7-11(12(8-9)17(19,20)21)13(25)14-15(22)24-16(26-14)23-10-4-2-1-3-5-10;1-4(2)3-6-5/h6-8,10H,1-5,22H2,(H,23,24);4H,3,5H2,1-2H3. The summed E-state index contributed by atoms with van der Waals surface area (Å²) in [6.45, 7) is 4.31. The van der Waals surface area contributed by atoms with Gasteiger partial charge in [-0.25, -0.2) is 9.37 Å². The second kappa shape index (κ2) is 11.9. The molecule has 0 amide bonds. The third-order valence-electron chi connectivity index (χ3n) is 4.75. The Kier molecular flexibility index (Phi) is 9.78. The predicted molar refractivity (Wildman–Crippen MR) is 123 cm³/mol. The van der Waals surface area contributed by atoms with Gasteiger partial charge in [0.2, 0.25) is 5.78 Å². The monoisotopic (exact) mass is 492 g/mol. The quantitative estimate of drug-likeness (QED) is 0.256. The van der Waals surface area contributed by atoms with Crippen molar-refractivity contribution in [3.8, 4) is 0 Å². The number of hydrogen-bond acceptors (Lipinski definition) is 7. The normalized spacial score (nSPS) is 14.8. The van der Waals surface area contributed by atoms with Crippen molar-refractivity contribution in [2.24, 2.45) is 11.1 Å². The first-order valence-corrected chi connectivity index (χ1v) is 12.1. The van der Waals surface area contributed by atoms with Crippen molar-refractivity contribution in [2.45, 2.75) is 58.2 Å². The fraction of sp³-hybridized carbons (Fsp3) is 0.524. The van der Waals surface area contributed by atoms with Gasteiger partial charge in [-0.05, 0) is 37.0 Å². The van der Waals surface area contributed by atoms with Gasteiger partial charge in [0.05, 0.1) is 5.56 Å². The topological polar surface area (TPSA) is 94.0 Å². The van der Waals surface area contributed by atoms with E-state index in [4.69, 9.17) is 10.9 Å². The Hall–Kier alpha value is -1.85. The fourth-order valence-corrected chi connectivity index (χ4v) is 4.54. The molecule has 11 heteroatoms. The van der Waals surface area contributed by atoms with Gasteiger partial charge in [0.1, 0.15) is 16.5 Å². The van der Waals surface area contributed by atoms with Crippen LogP contribution in [0.1, 0.15) is 66.8 Å². The van der Waals surface area contributed by atoms with Crippen LogP contribution in [0, 0.1) is 11.7 Å². The van der Waals surface area contributed by atoms with Crippen LogP contribution in [0.25, 0.3) is 0 Å². The van der Waals surface area contributed by atoms with Gasteiger partial charge in [-0.3, -0.25) is 9.93 Å². The van der Waals surface area contributed by atoms with E-state index in [1.807, 2.05) is 0 Å². The molecule has 1 heterocycles. The van der Waals surface area contributed by atoms with Gasteiger partial charge in [-0.1, -0.05) is 56.4 Å². The van der Waals surface area contributed by atoms with Crippen molar-refractivity contribution in [3.05, 3.63) is 40.0 Å². The summed E-state index contributed by atoms with van der Waals surface area (Å²) in [5.41, 5.74) is 3.79. The van der Waals surface area contributed by atoms with E-state index < -0.39 is 28.9 Å². The highest BCUT2D eigenvalue weighted by atomic mass is 32.2. The van der Waals surface area contributed by atoms with E-state index in [1.165, 1.54) is 18.4 Å². The average molecular weight is 493 g/mol. The molecule has 0 aliphatic heterocycles. The van der Waals surface area contributed by atoms with Gasteiger partial charge in [0.15, 0.2) is 5.13 Å². The van der Waals surface area contributed by atoms with Crippen LogP contribution in [0.3, 0.4) is 0 Å². The second-order valence-electron chi connectivity index (χ2n) is 7.96. The summed E-state index contributed by atoms with van der Waals surface area (Å²) in [6, 6.07) is 2.18. The number of nitrogens with two attached hydrogens (primary N) is 2. The number of rotatable bonds is 6. The number of aromatic nitrogens is 1. The van der Waals surface area contributed by atoms with Crippen LogP contribution in [0.2, 0.25) is 0 Å². The van der Waals surface area contributed by atoms with Gasteiger partial charge in [0, 0.05) is 17.4 Å². The van der Waals surface area contributed by atoms with Crippen molar-refractivity contribution in [2.75, 3.05) is 16.8 Å². The van der Waals surface area contributed by atoms with Crippen LogP contribution >= 0.6 is 23.3 Å². The van der Waals surface area contributed by atoms with Crippen LogP contribution in [0.15, 0.2) is 18.2 Å². The second-order valence-corrected chi connectivity index (χ2v) is 9.62. The van der Waals surface area contributed by atoms with Crippen molar-refractivity contribution in [3.63, 3.8) is 0 Å². The molecule has 1 aliphatic rings. The molecule has 32 heavy (non-hydrogen) atoms. The molecular formula is C21H28F4N4OS2. The molecule has 0 unspecified atom stereocenters. The summed E-state index contributed by atoms with van der Waals surface area (Å²) in [7, 11) is 0. The SMILES string of the molecule is CC(C)CSN.Nc1nc(NC2CCCCC2)sc1C(=O)c1ccc(F)cc1C(F)(F)F. The summed E-state index contributed by atoms with van der Waals surface area (Å²) < 4.78 is 52.7. The number of nitrogens with one attached hydrogen (secondary N) is 1. The highest BCUT2D eigenvalue weighted by Gasteiger charge is 2.36. The molecule has 0 bridgehead atoms. The maximum atomic E-state index is 13.2. The lowest BCUT2D eigenvalue weighted by atomic mass is 9.96. The summed E-state index contributed by atoms with van der Waals surface area (Å²) in [5.74, 6) is -0.300. The van der Waals surface area contributed by atoms with E-state index in [9.17, 15) is 22.4 Å². The maximum absolute atomic E-state index is 13.2. The van der Waals surface area contributed by atoms with E-state index in [0.29, 0.717) is 11.2 Å². The van der Waals surface area contributed by atoms with Gasteiger partial charge < -0.3 is 11.1 Å². The minimum atomic E-state index is -4.85. The first-order chi connectivity index (χ1) is 15.0. The van der Waals surface area contributed by atoms with Crippen LogP contribution < -0.4 is 16.2 Å². The average Bonchev–Trinajstić information content (AvgIpc) is 3.08. The van der Waals surface area contributed by atoms with E-state index in [2.05, 4.69) is 24.1 Å². The molecule has 178 valence electrons. The van der Waals surface area contributed by atoms with Crippen LogP contribution in [0.5, 0.6) is 0 Å². The number of hydrogen-bond donors (Lipinski definition) is 3. The van der Waals surface area contributed by atoms with Crippen molar-refractivity contribution < 1.29 is 22.4 Å². The third-order valence-corrected chi connectivity index (χ3v) is 6.61. The van der Waals surface area contributed by atoms with Crippen molar-refractivity contribution in [1.82, 2.24) is 4.98 Å². The van der Waals surface area contributed by atoms with Gasteiger partial charge in [0.25, 0.3) is 0 Å². The first kappa shape index (κ1) is 26.4. The Bertz CT molecular complexity index is 896. The number of nitrogen functional groups attached to an aromatic ring is 1. The molecular weight excluding hydrogens is 464 g/mol. The van der Waals surface area contributed by atoms with Gasteiger partial charge >= 0.3 is 6.18 Å². The van der Waals surface area contributed by atoms with Crippen LogP contribution in [-0.4, -0.2) is 22.6 Å². The number of ketones is 1. The molecule has 5 nitrogen and oxygen atoms in total. The molecule has 1 aromatic carbocycles. The fourth-order valence-electron chi connectivity index (χ4n) is 3.24. The molecule has 3 rings (SSSR count). The Labute approximate surface area is 193 Å². The Morgan fingerprint density at radius 3 is 2.47 bits per heavy atom. The summed E-state index contributed by atoms with van der Waals surface area (Å²) >= 11 is 2.33. The minimum absolute atomic E-state index is 0.0829. The molecule has 0 spiro atoms. The van der Waals surface area contributed by atoms with Gasteiger partial charge in [-0.15, -0.1) is 0 Å². The van der Waals surface area contributed by atoms with Crippen molar-refractivity contribution >= 4 is 40.0 Å². The molecule has 5 N–H and O–H groups in total. The zero-order valence-electron chi connectivity index (χ0n) is 18.0. The summed E-state index contributed by atoms with van der Waals surface area (Å²) in [6.07, 6.45) is 0.448. The van der Waals surface area contributed by atoms with E-state index in [0.717, 1.165) is 60.8 Å². The van der Waals surface area contributed by atoms with E-state index >= 15 is 0 Å². The third kappa shape index (κ3) is 7.63. The molecule has 1 saturated carbocycles. The molecule has 2 aromatic rings. The summed E-state index contributed by atoms with van der Waals surface area (Å²) in [4.78, 5) is 16.6. The van der Waals surface area contributed by atoms with Crippen molar-refractivity contribution in [1.29, 1.82) is 0 Å². The molecule has 0 radical (unpaired) electrons. The summed E-state index contributed by atoms with van der Waals surface area (Å²) in [5, 5.41) is 8.75. The van der Waals surface area contributed by atoms with Crippen LogP contribution in [-0.2, 0) is 6.18 Å². The Morgan fingerprint density at radius 2 is 1.94 bits per heavy atom. The van der Waals surface area contributed by atoms with E-state index in [-0.39, 0.29) is 16.7 Å². The number of halogens is 4. The van der Waals surface area contributed by atoms with Gasteiger partial charge in [-0.2, -0.15) is 13.2 Å². The zero-order chi connectivity index (χ0) is 23.9. The van der Waals surface area contributed by atoms with Crippen LogP contribution in [0.4, 0.5) is 28.5 Å². The lowest BCUT2D eigenvalue weighted by Crippen LogP contribution is -2.22. The number of thiazole rings is 1. The number of carbonyl (C=O) groups is 1. The lowest BCUT2D eigenvalue weighted by Gasteiger charge is -2.22. The highest BCUT2D eigenvalue weighted by Crippen LogP contribution is 2.36. The Balaban J connectivity index is 0.000000534. The first-order valence-electron chi connectivity index (χ1n) is 10.3. The number of alkyl halides is 3. The number of nitrogens with zero attached hydrogens (tertiary/aromatic N) is 1. The number of anilines is 2. The number of benzene rings is 1. The van der Waals surface area contributed by atoms with E-state index in [1.54, 1.807) is 0 Å². The predicted octanol–water partition coefficient (Wildman–Crippen LogP) is 6.11. The Morgan fingerprint density at radius 1 is 1.28 bits per heavy atom. The minimum Gasteiger partial charge on any atom is -0.382 e. The molecule has 1 fully saturated rings. The lowest BCUT2D eigenvalue weighted by molar-refractivity contribution is -0.138. The molecule has 0 atom stereocenters.